The molecule has 1 aromatic heterocycles. The zero-order chi connectivity index (χ0) is 20.0. The molecule has 0 saturated carbocycles. The van der Waals surface area contributed by atoms with E-state index in [4.69, 9.17) is 4.74 Å². The Kier molecular flexibility index (Phi) is 4.72. The van der Waals surface area contributed by atoms with Gasteiger partial charge in [0.1, 0.15) is 11.6 Å². The van der Waals surface area contributed by atoms with Gasteiger partial charge in [0.2, 0.25) is 0 Å². The summed E-state index contributed by atoms with van der Waals surface area (Å²) in [5.41, 5.74) is 3.74. The minimum Gasteiger partial charge on any atom is -0.380 e. The van der Waals surface area contributed by atoms with Gasteiger partial charge in [0.25, 0.3) is 0 Å². The van der Waals surface area contributed by atoms with Crippen molar-refractivity contribution in [2.45, 2.75) is 31.8 Å². The Balaban J connectivity index is 1.70. The number of halogens is 2. The molecule has 1 saturated heterocycles. The van der Waals surface area contributed by atoms with Crippen LogP contribution < -0.4 is 0 Å². The number of aromatic nitrogens is 1. The van der Waals surface area contributed by atoms with Gasteiger partial charge in [-0.1, -0.05) is 30.4 Å². The molecule has 3 nitrogen and oxygen atoms in total. The summed E-state index contributed by atoms with van der Waals surface area (Å²) in [6.45, 7) is 3.89. The summed E-state index contributed by atoms with van der Waals surface area (Å²) in [5.74, 6) is -1.00. The standard InChI is InChI=1S/C24H24F2N2O/c1-2-5-15-12-19(25)22(20(26)13-15)24-23-18(17-6-3-4-7-21(17)27-23)8-10-28(24)16-9-11-29-14-16/h2-7,12-13,16,24,27H,8-11,14H2,1H3/b5-2+. The molecule has 0 aliphatic carbocycles. The monoisotopic (exact) mass is 394 g/mol. The van der Waals surface area contributed by atoms with Crippen LogP contribution in [0.15, 0.2) is 42.5 Å². The molecular formula is C24H24F2N2O. The predicted molar refractivity (Wildman–Crippen MR) is 111 cm³/mol. The number of nitrogens with zero attached hydrogens (tertiary/aromatic N) is 1. The molecule has 5 rings (SSSR count). The molecule has 3 heterocycles. The van der Waals surface area contributed by atoms with Gasteiger partial charge in [-0.15, -0.1) is 0 Å². The highest BCUT2D eigenvalue weighted by molar-refractivity contribution is 5.85. The van der Waals surface area contributed by atoms with E-state index in [0.29, 0.717) is 18.8 Å². The number of hydrogen-bond acceptors (Lipinski definition) is 2. The largest absolute Gasteiger partial charge is 0.380 e. The Morgan fingerprint density at radius 1 is 1.17 bits per heavy atom. The molecule has 2 unspecified atom stereocenters. The van der Waals surface area contributed by atoms with E-state index in [1.807, 2.05) is 25.1 Å². The molecule has 3 aromatic rings. The highest BCUT2D eigenvalue weighted by Gasteiger charge is 2.39. The van der Waals surface area contributed by atoms with Gasteiger partial charge >= 0.3 is 0 Å². The van der Waals surface area contributed by atoms with E-state index in [9.17, 15) is 0 Å². The third-order valence-corrected chi connectivity index (χ3v) is 6.18. The molecule has 0 amide bonds. The van der Waals surface area contributed by atoms with Crippen molar-refractivity contribution < 1.29 is 13.5 Å². The molecule has 29 heavy (non-hydrogen) atoms. The summed E-state index contributed by atoms with van der Waals surface area (Å²) in [5, 5.41) is 1.14. The van der Waals surface area contributed by atoms with E-state index in [2.05, 4.69) is 16.0 Å². The number of allylic oxidation sites excluding steroid dienone is 1. The normalized spacial score (nSPS) is 22.6. The van der Waals surface area contributed by atoms with Gasteiger partial charge in [-0.3, -0.25) is 4.90 Å². The van der Waals surface area contributed by atoms with Crippen LogP contribution in [-0.4, -0.2) is 35.7 Å². The van der Waals surface area contributed by atoms with Crippen molar-refractivity contribution in [2.24, 2.45) is 0 Å². The van der Waals surface area contributed by atoms with Crippen molar-refractivity contribution in [3.8, 4) is 0 Å². The van der Waals surface area contributed by atoms with Crippen LogP contribution in [0, 0.1) is 11.6 Å². The quantitative estimate of drug-likeness (QED) is 0.660. The van der Waals surface area contributed by atoms with Gasteiger partial charge < -0.3 is 9.72 Å². The Hall–Kier alpha value is -2.50. The van der Waals surface area contributed by atoms with Crippen molar-refractivity contribution in [1.82, 2.24) is 9.88 Å². The average molecular weight is 394 g/mol. The minimum atomic E-state index is -0.501. The molecule has 1 N–H and O–H groups in total. The zero-order valence-electron chi connectivity index (χ0n) is 16.4. The SMILES string of the molecule is C/C=C/c1cc(F)c(C2c3[nH]c4ccccc4c3CCN2C2CCOC2)c(F)c1. The van der Waals surface area contributed by atoms with E-state index in [0.717, 1.165) is 41.5 Å². The number of fused-ring (bicyclic) bond motifs is 3. The average Bonchev–Trinajstić information content (AvgIpc) is 3.36. The van der Waals surface area contributed by atoms with Crippen LogP contribution in [0.5, 0.6) is 0 Å². The molecule has 2 aromatic carbocycles. The maximum absolute atomic E-state index is 15.3. The summed E-state index contributed by atoms with van der Waals surface area (Å²) in [6, 6.07) is 10.6. The third kappa shape index (κ3) is 3.09. The van der Waals surface area contributed by atoms with Crippen molar-refractivity contribution >= 4 is 17.0 Å². The van der Waals surface area contributed by atoms with Crippen LogP contribution >= 0.6 is 0 Å². The number of aromatic amines is 1. The summed E-state index contributed by atoms with van der Waals surface area (Å²) in [4.78, 5) is 5.71. The fourth-order valence-corrected chi connectivity index (χ4v) is 4.90. The molecule has 0 radical (unpaired) electrons. The fraction of sp³-hybridized carbons (Fsp3) is 0.333. The Morgan fingerprint density at radius 2 is 1.97 bits per heavy atom. The molecule has 2 aliphatic rings. The van der Waals surface area contributed by atoms with Gasteiger partial charge in [-0.2, -0.15) is 0 Å². The van der Waals surface area contributed by atoms with E-state index in [1.54, 1.807) is 12.2 Å². The topological polar surface area (TPSA) is 28.3 Å². The number of para-hydroxylation sites is 1. The van der Waals surface area contributed by atoms with E-state index >= 15 is 8.78 Å². The second-order valence-corrected chi connectivity index (χ2v) is 7.87. The van der Waals surface area contributed by atoms with Crippen LogP contribution in [-0.2, 0) is 11.2 Å². The highest BCUT2D eigenvalue weighted by atomic mass is 19.1. The summed E-state index contributed by atoms with van der Waals surface area (Å²) in [6.07, 6.45) is 5.23. The van der Waals surface area contributed by atoms with Gasteiger partial charge in [-0.05, 0) is 49.1 Å². The lowest BCUT2D eigenvalue weighted by Gasteiger charge is -2.39. The number of H-pyrrole nitrogens is 1. The van der Waals surface area contributed by atoms with Crippen molar-refractivity contribution in [2.75, 3.05) is 19.8 Å². The lowest BCUT2D eigenvalue weighted by atomic mass is 9.89. The molecule has 5 heteroatoms. The molecule has 150 valence electrons. The summed E-state index contributed by atoms with van der Waals surface area (Å²) < 4.78 is 36.2. The second kappa shape index (κ2) is 7.39. The third-order valence-electron chi connectivity index (χ3n) is 6.18. The lowest BCUT2D eigenvalue weighted by molar-refractivity contribution is 0.112. The maximum Gasteiger partial charge on any atom is 0.131 e. The molecule has 0 bridgehead atoms. The summed E-state index contributed by atoms with van der Waals surface area (Å²) in [7, 11) is 0. The van der Waals surface area contributed by atoms with E-state index < -0.39 is 17.7 Å². The van der Waals surface area contributed by atoms with E-state index in [-0.39, 0.29) is 11.6 Å². The van der Waals surface area contributed by atoms with Crippen molar-refractivity contribution in [3.63, 3.8) is 0 Å². The smallest absolute Gasteiger partial charge is 0.131 e. The number of benzene rings is 2. The molecule has 2 atom stereocenters. The van der Waals surface area contributed by atoms with Crippen LogP contribution in [0.2, 0.25) is 0 Å². The Bertz CT molecular complexity index is 1060. The van der Waals surface area contributed by atoms with Crippen LogP contribution in [0.4, 0.5) is 8.78 Å². The first-order valence-electron chi connectivity index (χ1n) is 10.2. The van der Waals surface area contributed by atoms with Crippen LogP contribution in [0.3, 0.4) is 0 Å². The Morgan fingerprint density at radius 3 is 2.69 bits per heavy atom. The zero-order valence-corrected chi connectivity index (χ0v) is 16.4. The van der Waals surface area contributed by atoms with Gasteiger partial charge in [0.15, 0.2) is 0 Å². The molecular weight excluding hydrogens is 370 g/mol. The highest BCUT2D eigenvalue weighted by Crippen LogP contribution is 2.42. The maximum atomic E-state index is 15.3. The van der Waals surface area contributed by atoms with Gasteiger partial charge in [0, 0.05) is 41.4 Å². The molecule has 2 aliphatic heterocycles. The minimum absolute atomic E-state index is 0.123. The first-order chi connectivity index (χ1) is 14.2. The number of rotatable bonds is 3. The van der Waals surface area contributed by atoms with Gasteiger partial charge in [-0.25, -0.2) is 8.78 Å². The van der Waals surface area contributed by atoms with Crippen LogP contribution in [0.25, 0.3) is 17.0 Å². The van der Waals surface area contributed by atoms with Crippen LogP contribution in [0.1, 0.15) is 41.8 Å². The number of ether oxygens (including phenoxy) is 1. The molecule has 1 fully saturated rings. The van der Waals surface area contributed by atoms with Crippen molar-refractivity contribution in [3.05, 3.63) is 76.5 Å². The lowest BCUT2D eigenvalue weighted by Crippen LogP contribution is -2.44. The summed E-state index contributed by atoms with van der Waals surface area (Å²) >= 11 is 0. The fourth-order valence-electron chi connectivity index (χ4n) is 4.90. The Labute approximate surface area is 169 Å². The second-order valence-electron chi connectivity index (χ2n) is 7.87. The van der Waals surface area contributed by atoms with Crippen molar-refractivity contribution in [1.29, 1.82) is 0 Å². The number of hydrogen-bond donors (Lipinski definition) is 1. The van der Waals surface area contributed by atoms with Gasteiger partial charge in [0.05, 0.1) is 12.6 Å². The first kappa shape index (κ1) is 18.5. The first-order valence-corrected chi connectivity index (χ1v) is 10.2. The number of nitrogens with one attached hydrogen (secondary N) is 1. The molecule has 0 spiro atoms. The van der Waals surface area contributed by atoms with E-state index in [1.165, 1.54) is 12.1 Å². The predicted octanol–water partition coefficient (Wildman–Crippen LogP) is 5.22.